The lowest BCUT2D eigenvalue weighted by atomic mass is 9.79. The van der Waals surface area contributed by atoms with Gasteiger partial charge in [-0.25, -0.2) is 4.79 Å². The third kappa shape index (κ3) is 2.91. The quantitative estimate of drug-likeness (QED) is 0.886. The first-order valence-corrected chi connectivity index (χ1v) is 8.02. The van der Waals surface area contributed by atoms with Gasteiger partial charge in [0.15, 0.2) is 5.58 Å². The fourth-order valence-corrected chi connectivity index (χ4v) is 3.08. The van der Waals surface area contributed by atoms with Crippen LogP contribution in [0.3, 0.4) is 0 Å². The lowest BCUT2D eigenvalue weighted by Gasteiger charge is -2.30. The van der Waals surface area contributed by atoms with Gasteiger partial charge in [0.25, 0.3) is 0 Å². The summed E-state index contributed by atoms with van der Waals surface area (Å²) in [6.07, 6.45) is 6.39. The number of rotatable bonds is 6. The van der Waals surface area contributed by atoms with E-state index in [-0.39, 0.29) is 5.76 Å². The van der Waals surface area contributed by atoms with Gasteiger partial charge in [0, 0.05) is 13.1 Å². The average Bonchev–Trinajstić information content (AvgIpc) is 2.72. The topological polar surface area (TPSA) is 47.2 Å². The molecule has 0 spiro atoms. The van der Waals surface area contributed by atoms with E-state index in [4.69, 9.17) is 4.42 Å². The smallest absolute Gasteiger partial charge is 0.408 e. The molecule has 0 bridgehead atoms. The molecular formula is C17H24N2O2. The van der Waals surface area contributed by atoms with E-state index in [0.29, 0.717) is 11.6 Å². The third-order valence-electron chi connectivity index (χ3n) is 4.65. The molecule has 1 atom stereocenters. The van der Waals surface area contributed by atoms with Gasteiger partial charge >= 0.3 is 5.76 Å². The molecule has 1 N–H and O–H groups in total. The van der Waals surface area contributed by atoms with E-state index in [9.17, 15) is 4.79 Å². The van der Waals surface area contributed by atoms with Crippen LogP contribution in [0, 0.1) is 5.92 Å². The summed E-state index contributed by atoms with van der Waals surface area (Å²) in [5.74, 6) is 0.553. The van der Waals surface area contributed by atoms with Crippen LogP contribution < -0.4 is 11.1 Å². The second-order valence-corrected chi connectivity index (χ2v) is 6.19. The molecule has 0 radical (unpaired) electrons. The first-order valence-electron chi connectivity index (χ1n) is 8.02. The van der Waals surface area contributed by atoms with Gasteiger partial charge in [-0.05, 0) is 43.0 Å². The fraction of sp³-hybridized carbons (Fsp3) is 0.588. The Morgan fingerprint density at radius 2 is 2.24 bits per heavy atom. The van der Waals surface area contributed by atoms with Gasteiger partial charge in [0.2, 0.25) is 0 Å². The van der Waals surface area contributed by atoms with Gasteiger partial charge in [0.05, 0.1) is 5.52 Å². The van der Waals surface area contributed by atoms with E-state index in [2.05, 4.69) is 18.3 Å². The van der Waals surface area contributed by atoms with Crippen LogP contribution in [0.25, 0.3) is 11.1 Å². The van der Waals surface area contributed by atoms with Crippen molar-refractivity contribution in [2.75, 3.05) is 6.54 Å². The molecule has 2 aromatic rings. The van der Waals surface area contributed by atoms with Crippen molar-refractivity contribution in [2.24, 2.45) is 13.0 Å². The van der Waals surface area contributed by atoms with Crippen molar-refractivity contribution in [1.29, 1.82) is 0 Å². The molecule has 1 aromatic carbocycles. The molecule has 1 saturated carbocycles. The molecule has 0 amide bonds. The number of hydrogen-bond acceptors (Lipinski definition) is 3. The highest BCUT2D eigenvalue weighted by Gasteiger charge is 2.23. The van der Waals surface area contributed by atoms with Crippen molar-refractivity contribution in [3.8, 4) is 0 Å². The van der Waals surface area contributed by atoms with E-state index < -0.39 is 0 Å². The number of hydrogen-bond donors (Lipinski definition) is 1. The van der Waals surface area contributed by atoms with Gasteiger partial charge in [0.1, 0.15) is 0 Å². The number of fused-ring (bicyclic) bond motifs is 1. The molecule has 1 aliphatic carbocycles. The lowest BCUT2D eigenvalue weighted by Crippen LogP contribution is -2.26. The zero-order valence-electron chi connectivity index (χ0n) is 12.9. The Balaban J connectivity index is 1.87. The molecular weight excluding hydrogens is 264 g/mol. The molecule has 21 heavy (non-hydrogen) atoms. The number of nitrogens with zero attached hydrogens (tertiary/aromatic N) is 1. The Bertz CT molecular complexity index is 667. The second kappa shape index (κ2) is 6.06. The minimum Gasteiger partial charge on any atom is -0.408 e. The normalized spacial score (nSPS) is 17.0. The number of benzene rings is 1. The van der Waals surface area contributed by atoms with Crippen molar-refractivity contribution in [3.63, 3.8) is 0 Å². The molecule has 114 valence electrons. The predicted octanol–water partition coefficient (Wildman–Crippen LogP) is 3.36. The highest BCUT2D eigenvalue weighted by molar-refractivity contribution is 5.73. The summed E-state index contributed by atoms with van der Waals surface area (Å²) in [7, 11) is 1.75. The summed E-state index contributed by atoms with van der Waals surface area (Å²) in [5, 5.41) is 3.64. The molecule has 4 heteroatoms. The van der Waals surface area contributed by atoms with Crippen LogP contribution in [0.4, 0.5) is 0 Å². The first kappa shape index (κ1) is 14.4. The minimum atomic E-state index is -0.292. The van der Waals surface area contributed by atoms with E-state index >= 15 is 0 Å². The molecule has 1 heterocycles. The van der Waals surface area contributed by atoms with E-state index in [1.54, 1.807) is 11.6 Å². The maximum atomic E-state index is 11.6. The molecule has 1 fully saturated rings. The van der Waals surface area contributed by atoms with Gasteiger partial charge < -0.3 is 9.73 Å². The van der Waals surface area contributed by atoms with Crippen LogP contribution in [0.5, 0.6) is 0 Å². The van der Waals surface area contributed by atoms with Crippen molar-refractivity contribution >= 4 is 11.1 Å². The molecule has 1 unspecified atom stereocenters. The summed E-state index contributed by atoms with van der Waals surface area (Å²) in [5.41, 5.74) is 2.79. The Kier molecular flexibility index (Phi) is 4.15. The minimum absolute atomic E-state index is 0.292. The monoisotopic (exact) mass is 288 g/mol. The van der Waals surface area contributed by atoms with Crippen molar-refractivity contribution < 1.29 is 4.42 Å². The van der Waals surface area contributed by atoms with Crippen LogP contribution in [0.2, 0.25) is 0 Å². The second-order valence-electron chi connectivity index (χ2n) is 6.19. The summed E-state index contributed by atoms with van der Waals surface area (Å²) in [4.78, 5) is 11.6. The van der Waals surface area contributed by atoms with Gasteiger partial charge in [-0.1, -0.05) is 32.3 Å². The Morgan fingerprint density at radius 3 is 2.90 bits per heavy atom. The van der Waals surface area contributed by atoms with Crippen molar-refractivity contribution in [1.82, 2.24) is 9.88 Å². The first-order chi connectivity index (χ1) is 10.2. The highest BCUT2D eigenvalue weighted by atomic mass is 16.4. The van der Waals surface area contributed by atoms with Crippen LogP contribution in [-0.4, -0.2) is 11.1 Å². The molecule has 1 aliphatic rings. The third-order valence-corrected chi connectivity index (χ3v) is 4.65. The molecule has 0 saturated heterocycles. The van der Waals surface area contributed by atoms with Crippen molar-refractivity contribution in [2.45, 2.75) is 45.1 Å². The van der Waals surface area contributed by atoms with Crippen LogP contribution in [-0.2, 0) is 7.05 Å². The Hall–Kier alpha value is -1.55. The molecule has 3 rings (SSSR count). The Morgan fingerprint density at radius 1 is 1.43 bits per heavy atom. The average molecular weight is 288 g/mol. The van der Waals surface area contributed by atoms with Gasteiger partial charge in [-0.15, -0.1) is 0 Å². The summed E-state index contributed by atoms with van der Waals surface area (Å²) in [6, 6.07) is 6.52. The lowest BCUT2D eigenvalue weighted by molar-refractivity contribution is 0.261. The van der Waals surface area contributed by atoms with Crippen LogP contribution >= 0.6 is 0 Å². The molecule has 1 aromatic heterocycles. The Labute approximate surface area is 125 Å². The largest absolute Gasteiger partial charge is 0.419 e. The number of nitrogens with one attached hydrogen (secondary N) is 1. The molecule has 4 nitrogen and oxygen atoms in total. The number of oxazole rings is 1. The van der Waals surface area contributed by atoms with Gasteiger partial charge in [-0.2, -0.15) is 0 Å². The molecule has 0 aliphatic heterocycles. The number of aromatic nitrogens is 1. The maximum absolute atomic E-state index is 11.6. The highest BCUT2D eigenvalue weighted by Crippen LogP contribution is 2.35. The van der Waals surface area contributed by atoms with E-state index in [1.807, 2.05) is 12.1 Å². The van der Waals surface area contributed by atoms with Crippen molar-refractivity contribution in [3.05, 3.63) is 34.3 Å². The maximum Gasteiger partial charge on any atom is 0.419 e. The van der Waals surface area contributed by atoms with Crippen LogP contribution in [0.15, 0.2) is 27.4 Å². The number of aryl methyl sites for hydroxylation is 1. The zero-order valence-corrected chi connectivity index (χ0v) is 12.9. The predicted molar refractivity (Wildman–Crippen MR) is 84.4 cm³/mol. The summed E-state index contributed by atoms with van der Waals surface area (Å²) >= 11 is 0. The SMILES string of the molecule is CCCNC(CC1CCC1)c1ccc2c(c1)oc(=O)n2C. The van der Waals surface area contributed by atoms with Gasteiger partial charge in [-0.3, -0.25) is 4.57 Å². The zero-order chi connectivity index (χ0) is 14.8. The van der Waals surface area contributed by atoms with E-state index in [0.717, 1.165) is 24.4 Å². The fourth-order valence-electron chi connectivity index (χ4n) is 3.08. The van der Waals surface area contributed by atoms with E-state index in [1.165, 1.54) is 31.2 Å². The summed E-state index contributed by atoms with van der Waals surface area (Å²) in [6.45, 7) is 3.21. The van der Waals surface area contributed by atoms with Crippen LogP contribution in [0.1, 0.15) is 50.6 Å². The standard InChI is InChI=1S/C17H24N2O2/c1-3-9-18-14(10-12-5-4-6-12)13-7-8-15-16(11-13)21-17(20)19(15)2/h7-8,11-12,14,18H,3-6,9-10H2,1-2H3. The summed E-state index contributed by atoms with van der Waals surface area (Å²) < 4.78 is 6.87.